The monoisotopic (exact) mass is 515 g/mol. The lowest BCUT2D eigenvalue weighted by Crippen LogP contribution is -2.57. The Bertz CT molecular complexity index is 1050. The average molecular weight is 516 g/mol. The van der Waals surface area contributed by atoms with Crippen LogP contribution < -0.4 is 16.0 Å². The van der Waals surface area contributed by atoms with Crippen LogP contribution in [0.2, 0.25) is 0 Å². The third kappa shape index (κ3) is 5.74. The van der Waals surface area contributed by atoms with Gasteiger partial charge in [0.15, 0.2) is 0 Å². The van der Waals surface area contributed by atoms with Gasteiger partial charge < -0.3 is 21.1 Å². The first-order chi connectivity index (χ1) is 15.6. The molecule has 0 bridgehead atoms. The van der Waals surface area contributed by atoms with E-state index in [9.17, 15) is 19.5 Å². The van der Waals surface area contributed by atoms with Crippen molar-refractivity contribution in [1.29, 1.82) is 0 Å². The number of carboxylic acid groups (broad SMARTS) is 1. The maximum absolute atomic E-state index is 13.2. The Labute approximate surface area is 202 Å². The topological polar surface area (TPSA) is 108 Å². The number of carboxylic acids is 1. The molecule has 3 rings (SSSR count). The maximum Gasteiger partial charge on any atom is 0.329 e. The molecule has 2 aromatic carbocycles. The zero-order valence-corrected chi connectivity index (χ0v) is 20.7. The smallest absolute Gasteiger partial charge is 0.329 e. The summed E-state index contributed by atoms with van der Waals surface area (Å²) >= 11 is 3.38. The third-order valence-electron chi connectivity index (χ3n) is 6.43. The molecule has 1 aliphatic carbocycles. The van der Waals surface area contributed by atoms with Crippen LogP contribution in [-0.4, -0.2) is 28.6 Å². The van der Waals surface area contributed by atoms with Crippen molar-refractivity contribution in [2.45, 2.75) is 58.4 Å². The highest BCUT2D eigenvalue weighted by Gasteiger charge is 2.43. The van der Waals surface area contributed by atoms with E-state index in [1.54, 1.807) is 25.1 Å². The van der Waals surface area contributed by atoms with Crippen LogP contribution in [0.15, 0.2) is 40.9 Å². The quantitative estimate of drug-likeness (QED) is 0.386. The molecular formula is C25H30BrN3O4. The van der Waals surface area contributed by atoms with Crippen molar-refractivity contribution in [1.82, 2.24) is 5.32 Å². The number of hydrogen-bond donors (Lipinski definition) is 4. The molecule has 0 aliphatic heterocycles. The van der Waals surface area contributed by atoms with Crippen molar-refractivity contribution >= 4 is 45.2 Å². The number of rotatable bonds is 6. The summed E-state index contributed by atoms with van der Waals surface area (Å²) in [4.78, 5) is 38.1. The highest BCUT2D eigenvalue weighted by molar-refractivity contribution is 9.10. The van der Waals surface area contributed by atoms with Crippen molar-refractivity contribution in [2.24, 2.45) is 5.92 Å². The van der Waals surface area contributed by atoms with Crippen LogP contribution in [0.5, 0.6) is 0 Å². The zero-order chi connectivity index (χ0) is 24.2. The lowest BCUT2D eigenvalue weighted by atomic mass is 9.75. The van der Waals surface area contributed by atoms with Crippen molar-refractivity contribution < 1.29 is 19.5 Å². The largest absolute Gasteiger partial charge is 0.480 e. The predicted molar refractivity (Wildman–Crippen MR) is 133 cm³/mol. The number of aryl methyl sites for hydroxylation is 2. The molecule has 2 aromatic rings. The normalized spacial score (nSPS) is 15.9. The summed E-state index contributed by atoms with van der Waals surface area (Å²) in [5, 5.41) is 18.3. The van der Waals surface area contributed by atoms with Crippen molar-refractivity contribution in [3.05, 3.63) is 57.6 Å². The van der Waals surface area contributed by atoms with Crippen molar-refractivity contribution in [3.63, 3.8) is 0 Å². The molecule has 0 unspecified atom stereocenters. The third-order valence-corrected chi connectivity index (χ3v) is 6.93. The second kappa shape index (κ2) is 10.4. The minimum atomic E-state index is -1.39. The number of carbonyl (C=O) groups is 3. The first-order valence-corrected chi connectivity index (χ1v) is 11.9. The van der Waals surface area contributed by atoms with Gasteiger partial charge in [-0.15, -0.1) is 0 Å². The Morgan fingerprint density at radius 2 is 1.64 bits per heavy atom. The molecule has 1 fully saturated rings. The molecule has 176 valence electrons. The summed E-state index contributed by atoms with van der Waals surface area (Å²) in [5.41, 5.74) is 1.62. The molecule has 8 heteroatoms. The van der Waals surface area contributed by atoms with E-state index in [1.165, 1.54) is 0 Å². The fraction of sp³-hybridized carbons (Fsp3) is 0.400. The number of carbonyl (C=O) groups excluding carboxylic acids is 2. The second-order valence-corrected chi connectivity index (χ2v) is 9.75. The van der Waals surface area contributed by atoms with Gasteiger partial charge in [-0.05, 0) is 68.9 Å². The van der Waals surface area contributed by atoms with Crippen LogP contribution in [0, 0.1) is 19.8 Å². The number of urea groups is 1. The van der Waals surface area contributed by atoms with Gasteiger partial charge in [-0.25, -0.2) is 9.59 Å². The van der Waals surface area contributed by atoms with E-state index in [0.29, 0.717) is 10.2 Å². The van der Waals surface area contributed by atoms with E-state index in [0.717, 1.165) is 43.2 Å². The second-order valence-electron chi connectivity index (χ2n) is 8.83. The van der Waals surface area contributed by atoms with E-state index in [4.69, 9.17) is 0 Å². The van der Waals surface area contributed by atoms with Crippen LogP contribution in [0.4, 0.5) is 16.2 Å². The summed E-state index contributed by atoms with van der Waals surface area (Å²) in [5.74, 6) is -1.74. The molecule has 0 saturated heterocycles. The number of hydrogen-bond acceptors (Lipinski definition) is 3. The van der Waals surface area contributed by atoms with Gasteiger partial charge in [0, 0.05) is 10.2 Å². The van der Waals surface area contributed by atoms with Gasteiger partial charge in [-0.1, -0.05) is 53.4 Å². The fourth-order valence-electron chi connectivity index (χ4n) is 4.41. The van der Waals surface area contributed by atoms with Gasteiger partial charge in [0.1, 0.15) is 5.54 Å². The van der Waals surface area contributed by atoms with Crippen LogP contribution in [0.1, 0.15) is 60.5 Å². The Balaban J connectivity index is 1.83. The molecule has 33 heavy (non-hydrogen) atoms. The zero-order valence-electron chi connectivity index (χ0n) is 19.1. The molecular weight excluding hydrogens is 486 g/mol. The number of nitrogens with one attached hydrogen (secondary N) is 3. The summed E-state index contributed by atoms with van der Waals surface area (Å²) in [7, 11) is 0. The maximum atomic E-state index is 13.2. The molecule has 1 atom stereocenters. The fourth-order valence-corrected chi connectivity index (χ4v) is 4.77. The number of amides is 3. The van der Waals surface area contributed by atoms with Gasteiger partial charge in [0.05, 0.1) is 11.3 Å². The standard InChI is InChI=1S/C25H30BrN3O4/c1-15-8-7-9-16(2)21(15)28-24(33)27-20-14-18(26)12-13-19(20)22(30)29-25(3,23(31)32)17-10-5-4-6-11-17/h7-9,12-14,17H,4-6,10-11H2,1-3H3,(H,29,30)(H,31,32)(H2,27,28,33)/t25-/m0/s1. The Morgan fingerprint density at radius 1 is 1.00 bits per heavy atom. The van der Waals surface area contributed by atoms with Crippen LogP contribution in [0.25, 0.3) is 0 Å². The molecule has 0 spiro atoms. The Hall–Kier alpha value is -2.87. The minimum absolute atomic E-state index is 0.146. The molecule has 0 heterocycles. The highest BCUT2D eigenvalue weighted by Crippen LogP contribution is 2.34. The number of aliphatic carboxylic acids is 1. The van der Waals surface area contributed by atoms with Crippen LogP contribution in [0.3, 0.4) is 0 Å². The van der Waals surface area contributed by atoms with Crippen LogP contribution >= 0.6 is 15.9 Å². The number of benzene rings is 2. The predicted octanol–water partition coefficient (Wildman–Crippen LogP) is 5.86. The van der Waals surface area contributed by atoms with Gasteiger partial charge in [0.2, 0.25) is 0 Å². The molecule has 0 radical (unpaired) electrons. The highest BCUT2D eigenvalue weighted by atomic mass is 79.9. The van der Waals surface area contributed by atoms with E-state index in [1.807, 2.05) is 32.0 Å². The molecule has 1 saturated carbocycles. The van der Waals surface area contributed by atoms with Crippen molar-refractivity contribution in [2.75, 3.05) is 10.6 Å². The first-order valence-electron chi connectivity index (χ1n) is 11.1. The number of anilines is 2. The van der Waals surface area contributed by atoms with E-state index in [2.05, 4.69) is 31.9 Å². The van der Waals surface area contributed by atoms with Gasteiger partial charge in [-0.2, -0.15) is 0 Å². The minimum Gasteiger partial charge on any atom is -0.480 e. The first kappa shape index (κ1) is 24.8. The van der Waals surface area contributed by atoms with Crippen LogP contribution in [-0.2, 0) is 4.79 Å². The SMILES string of the molecule is Cc1cccc(C)c1NC(=O)Nc1cc(Br)ccc1C(=O)N[C@](C)(C(=O)O)C1CCCCC1. The number of para-hydroxylation sites is 1. The summed E-state index contributed by atoms with van der Waals surface area (Å²) in [6, 6.07) is 10.1. The average Bonchev–Trinajstić information content (AvgIpc) is 2.76. The van der Waals surface area contributed by atoms with Gasteiger partial charge in [-0.3, -0.25) is 4.79 Å². The van der Waals surface area contributed by atoms with E-state index >= 15 is 0 Å². The van der Waals surface area contributed by atoms with Gasteiger partial charge >= 0.3 is 12.0 Å². The van der Waals surface area contributed by atoms with Gasteiger partial charge in [0.25, 0.3) is 5.91 Å². The number of halogens is 1. The summed E-state index contributed by atoms with van der Waals surface area (Å²) in [6.07, 6.45) is 4.50. The summed E-state index contributed by atoms with van der Waals surface area (Å²) < 4.78 is 0.676. The van der Waals surface area contributed by atoms with Crippen molar-refractivity contribution in [3.8, 4) is 0 Å². The lowest BCUT2D eigenvalue weighted by Gasteiger charge is -2.37. The molecule has 0 aromatic heterocycles. The van der Waals surface area contributed by atoms with E-state index in [-0.39, 0.29) is 17.2 Å². The summed E-state index contributed by atoms with van der Waals surface area (Å²) in [6.45, 7) is 5.38. The molecule has 1 aliphatic rings. The Morgan fingerprint density at radius 3 is 2.24 bits per heavy atom. The Kier molecular flexibility index (Phi) is 7.79. The lowest BCUT2D eigenvalue weighted by molar-refractivity contribution is -0.146. The van der Waals surface area contributed by atoms with E-state index < -0.39 is 23.4 Å². The molecule has 3 amide bonds. The molecule has 4 N–H and O–H groups in total. The molecule has 7 nitrogen and oxygen atoms in total.